The van der Waals surface area contributed by atoms with Crippen molar-refractivity contribution in [2.24, 2.45) is 0 Å². The highest BCUT2D eigenvalue weighted by Crippen LogP contribution is 2.19. The maximum atomic E-state index is 12.3. The number of ether oxygens (including phenoxy) is 1. The summed E-state index contributed by atoms with van der Waals surface area (Å²) in [4.78, 5) is 23.9. The molecule has 5 nitrogen and oxygen atoms in total. The number of nitrogens with two attached hydrogens (primary N) is 1. The molecule has 0 aromatic heterocycles. The van der Waals surface area contributed by atoms with Crippen LogP contribution in [0.2, 0.25) is 0 Å². The third-order valence-corrected chi connectivity index (χ3v) is 3.28. The van der Waals surface area contributed by atoms with Gasteiger partial charge in [-0.25, -0.2) is 0 Å². The molecule has 0 aliphatic heterocycles. The van der Waals surface area contributed by atoms with Gasteiger partial charge in [0.25, 0.3) is 5.91 Å². The average molecular weight is 298 g/mol. The maximum Gasteiger partial charge on any atom is 0.307 e. The van der Waals surface area contributed by atoms with E-state index in [-0.39, 0.29) is 12.3 Å². The smallest absolute Gasteiger partial charge is 0.307 e. The third-order valence-electron chi connectivity index (χ3n) is 3.28. The molecular weight excluding hydrogens is 280 g/mol. The molecule has 22 heavy (non-hydrogen) atoms. The molecule has 0 spiro atoms. The monoisotopic (exact) mass is 298 g/mol. The van der Waals surface area contributed by atoms with E-state index in [0.717, 1.165) is 5.56 Å². The Kier molecular flexibility index (Phi) is 5.14. The standard InChI is InChI=1S/C17H18N2O3/c1-22-16(20)11-15(12-7-9-14(18)10-8-12)19-17(21)13-5-3-2-4-6-13/h2-10,15H,11,18H2,1H3,(H,19,21)/t15-/m1/s1. The van der Waals surface area contributed by atoms with E-state index < -0.39 is 12.0 Å². The van der Waals surface area contributed by atoms with Crippen molar-refractivity contribution < 1.29 is 14.3 Å². The summed E-state index contributed by atoms with van der Waals surface area (Å²) in [5.74, 6) is -0.637. The molecule has 114 valence electrons. The molecule has 3 N–H and O–H groups in total. The minimum absolute atomic E-state index is 0.0546. The zero-order valence-corrected chi connectivity index (χ0v) is 12.3. The number of benzene rings is 2. The first-order valence-corrected chi connectivity index (χ1v) is 6.88. The van der Waals surface area contributed by atoms with Gasteiger partial charge in [0.2, 0.25) is 0 Å². The fraction of sp³-hybridized carbons (Fsp3) is 0.176. The molecule has 0 radical (unpaired) electrons. The number of anilines is 1. The molecule has 2 aromatic rings. The predicted octanol–water partition coefficient (Wildman–Crippen LogP) is 2.30. The fourth-order valence-corrected chi connectivity index (χ4v) is 2.06. The number of carbonyl (C=O) groups is 2. The highest BCUT2D eigenvalue weighted by atomic mass is 16.5. The van der Waals surface area contributed by atoms with Crippen molar-refractivity contribution in [1.82, 2.24) is 5.32 Å². The van der Waals surface area contributed by atoms with Gasteiger partial charge in [0.05, 0.1) is 19.6 Å². The second-order valence-corrected chi connectivity index (χ2v) is 4.84. The molecular formula is C17H18N2O3. The van der Waals surface area contributed by atoms with E-state index in [9.17, 15) is 9.59 Å². The van der Waals surface area contributed by atoms with E-state index in [1.54, 1.807) is 48.5 Å². The molecule has 1 amide bonds. The Labute approximate surface area is 129 Å². The van der Waals surface area contributed by atoms with Crippen LogP contribution >= 0.6 is 0 Å². The molecule has 0 heterocycles. The van der Waals surface area contributed by atoms with Gasteiger partial charge in [0.1, 0.15) is 0 Å². The predicted molar refractivity (Wildman–Crippen MR) is 84.1 cm³/mol. The zero-order valence-electron chi connectivity index (χ0n) is 12.3. The van der Waals surface area contributed by atoms with E-state index in [1.165, 1.54) is 7.11 Å². The van der Waals surface area contributed by atoms with Crippen LogP contribution in [-0.4, -0.2) is 19.0 Å². The Hall–Kier alpha value is -2.82. The fourth-order valence-electron chi connectivity index (χ4n) is 2.06. The molecule has 0 bridgehead atoms. The number of methoxy groups -OCH3 is 1. The lowest BCUT2D eigenvalue weighted by molar-refractivity contribution is -0.141. The summed E-state index contributed by atoms with van der Waals surface area (Å²) < 4.78 is 4.70. The van der Waals surface area contributed by atoms with Crippen LogP contribution < -0.4 is 11.1 Å². The Morgan fingerprint density at radius 3 is 2.32 bits per heavy atom. The number of esters is 1. The van der Waals surface area contributed by atoms with Gasteiger partial charge in [-0.3, -0.25) is 9.59 Å². The molecule has 0 aliphatic rings. The van der Waals surface area contributed by atoms with Crippen molar-refractivity contribution in [3.8, 4) is 0 Å². The van der Waals surface area contributed by atoms with Gasteiger partial charge in [0.15, 0.2) is 0 Å². The second-order valence-electron chi connectivity index (χ2n) is 4.84. The van der Waals surface area contributed by atoms with Crippen molar-refractivity contribution in [3.05, 3.63) is 65.7 Å². The molecule has 5 heteroatoms. The summed E-state index contributed by atoms with van der Waals surface area (Å²) in [5, 5.41) is 2.85. The van der Waals surface area contributed by atoms with Crippen LogP contribution in [0, 0.1) is 0 Å². The molecule has 0 unspecified atom stereocenters. The lowest BCUT2D eigenvalue weighted by atomic mass is 10.0. The van der Waals surface area contributed by atoms with Crippen molar-refractivity contribution in [2.75, 3.05) is 12.8 Å². The summed E-state index contributed by atoms with van der Waals surface area (Å²) in [6, 6.07) is 15.4. The summed E-state index contributed by atoms with van der Waals surface area (Å²) in [5.41, 5.74) is 7.62. The van der Waals surface area contributed by atoms with Gasteiger partial charge in [0, 0.05) is 11.3 Å². The van der Waals surface area contributed by atoms with Gasteiger partial charge < -0.3 is 15.8 Å². The molecule has 0 saturated heterocycles. The number of hydrogen-bond acceptors (Lipinski definition) is 4. The van der Waals surface area contributed by atoms with Gasteiger partial charge in [-0.1, -0.05) is 30.3 Å². The molecule has 2 aromatic carbocycles. The lowest BCUT2D eigenvalue weighted by Gasteiger charge is -2.18. The van der Waals surface area contributed by atoms with Gasteiger partial charge in [-0.2, -0.15) is 0 Å². The van der Waals surface area contributed by atoms with Crippen LogP contribution in [0.5, 0.6) is 0 Å². The first-order chi connectivity index (χ1) is 10.6. The summed E-state index contributed by atoms with van der Waals surface area (Å²) in [6.45, 7) is 0. The normalized spacial score (nSPS) is 11.5. The van der Waals surface area contributed by atoms with Crippen LogP contribution in [0.3, 0.4) is 0 Å². The van der Waals surface area contributed by atoms with E-state index in [0.29, 0.717) is 11.3 Å². The summed E-state index contributed by atoms with van der Waals surface area (Å²) >= 11 is 0. The van der Waals surface area contributed by atoms with Gasteiger partial charge in [-0.15, -0.1) is 0 Å². The summed E-state index contributed by atoms with van der Waals surface area (Å²) in [6.07, 6.45) is 0.0546. The molecule has 1 atom stereocenters. The van der Waals surface area contributed by atoms with Crippen LogP contribution in [-0.2, 0) is 9.53 Å². The van der Waals surface area contributed by atoms with E-state index in [2.05, 4.69) is 5.32 Å². The van der Waals surface area contributed by atoms with Gasteiger partial charge in [-0.05, 0) is 29.8 Å². The number of rotatable bonds is 5. The van der Waals surface area contributed by atoms with Crippen molar-refractivity contribution >= 4 is 17.6 Å². The van der Waals surface area contributed by atoms with Crippen molar-refractivity contribution in [1.29, 1.82) is 0 Å². The number of nitrogen functional groups attached to an aromatic ring is 1. The Morgan fingerprint density at radius 2 is 1.73 bits per heavy atom. The lowest BCUT2D eigenvalue weighted by Crippen LogP contribution is -2.30. The second kappa shape index (κ2) is 7.26. The first-order valence-electron chi connectivity index (χ1n) is 6.88. The number of hydrogen-bond donors (Lipinski definition) is 2. The largest absolute Gasteiger partial charge is 0.469 e. The first kappa shape index (κ1) is 15.6. The minimum Gasteiger partial charge on any atom is -0.469 e. The van der Waals surface area contributed by atoms with Crippen LogP contribution in [0.4, 0.5) is 5.69 Å². The number of carbonyl (C=O) groups excluding carboxylic acids is 2. The Bertz CT molecular complexity index is 639. The molecule has 0 aliphatic carbocycles. The number of amides is 1. The maximum absolute atomic E-state index is 12.3. The topological polar surface area (TPSA) is 81.4 Å². The zero-order chi connectivity index (χ0) is 15.9. The highest BCUT2D eigenvalue weighted by Gasteiger charge is 2.19. The van der Waals surface area contributed by atoms with Crippen LogP contribution in [0.15, 0.2) is 54.6 Å². The van der Waals surface area contributed by atoms with Crippen molar-refractivity contribution in [2.45, 2.75) is 12.5 Å². The van der Waals surface area contributed by atoms with E-state index >= 15 is 0 Å². The molecule has 0 saturated carbocycles. The minimum atomic E-state index is -0.472. The average Bonchev–Trinajstić information content (AvgIpc) is 2.55. The van der Waals surface area contributed by atoms with Crippen LogP contribution in [0.1, 0.15) is 28.4 Å². The van der Waals surface area contributed by atoms with E-state index in [1.807, 2.05) is 6.07 Å². The van der Waals surface area contributed by atoms with E-state index in [4.69, 9.17) is 10.5 Å². The SMILES string of the molecule is COC(=O)C[C@@H](NC(=O)c1ccccc1)c1ccc(N)cc1. The molecule has 2 rings (SSSR count). The number of nitrogens with one attached hydrogen (secondary N) is 1. The molecule has 0 fully saturated rings. The third kappa shape index (κ3) is 4.09. The Morgan fingerprint density at radius 1 is 1.09 bits per heavy atom. The Balaban J connectivity index is 2.19. The summed E-state index contributed by atoms with van der Waals surface area (Å²) in [7, 11) is 1.32. The van der Waals surface area contributed by atoms with Crippen LogP contribution in [0.25, 0.3) is 0 Å². The van der Waals surface area contributed by atoms with Gasteiger partial charge >= 0.3 is 5.97 Å². The van der Waals surface area contributed by atoms with Crippen molar-refractivity contribution in [3.63, 3.8) is 0 Å². The highest BCUT2D eigenvalue weighted by molar-refractivity contribution is 5.94. The quantitative estimate of drug-likeness (QED) is 0.655.